The Hall–Kier alpha value is -1.82. The molecule has 1 aliphatic heterocycles. The first kappa shape index (κ1) is 24.8. The zero-order valence-corrected chi connectivity index (χ0v) is 20.3. The number of nitrogens with zero attached hydrogens (tertiary/aromatic N) is 1. The maximum Gasteiger partial charge on any atom is 0.340 e. The molecule has 0 amide bonds. The number of ether oxygens (including phenoxy) is 2. The first-order valence-corrected chi connectivity index (χ1v) is 11.8. The van der Waals surface area contributed by atoms with E-state index in [1.54, 1.807) is 6.07 Å². The van der Waals surface area contributed by atoms with Crippen LogP contribution in [0.15, 0.2) is 30.3 Å². The van der Waals surface area contributed by atoms with Gasteiger partial charge in [-0.2, -0.15) is 0 Å². The van der Waals surface area contributed by atoms with E-state index in [9.17, 15) is 9.18 Å². The predicted molar refractivity (Wildman–Crippen MR) is 127 cm³/mol. The highest BCUT2D eigenvalue weighted by molar-refractivity contribution is 6.34. The van der Waals surface area contributed by atoms with E-state index in [0.29, 0.717) is 17.7 Å². The predicted octanol–water partition coefficient (Wildman–Crippen LogP) is 7.04. The number of rotatable bonds is 5. The van der Waals surface area contributed by atoms with Crippen molar-refractivity contribution in [2.75, 3.05) is 27.3 Å². The molecule has 1 saturated carbocycles. The van der Waals surface area contributed by atoms with Gasteiger partial charge < -0.3 is 9.47 Å². The van der Waals surface area contributed by atoms with Gasteiger partial charge in [-0.3, -0.25) is 4.90 Å². The molecule has 7 heteroatoms. The van der Waals surface area contributed by atoms with Crippen LogP contribution < -0.4 is 4.74 Å². The van der Waals surface area contributed by atoms with Gasteiger partial charge in [0.05, 0.1) is 19.8 Å². The zero-order valence-electron chi connectivity index (χ0n) is 18.8. The van der Waals surface area contributed by atoms with Crippen molar-refractivity contribution in [1.29, 1.82) is 0 Å². The average Bonchev–Trinajstić information content (AvgIpc) is 3.63. The zero-order chi connectivity index (χ0) is 23.3. The molecule has 2 fully saturated rings. The first-order chi connectivity index (χ1) is 15.3. The fourth-order valence-electron chi connectivity index (χ4n) is 4.06. The quantitative estimate of drug-likeness (QED) is 0.429. The lowest BCUT2D eigenvalue weighted by molar-refractivity contribution is 0.0595. The summed E-state index contributed by atoms with van der Waals surface area (Å²) in [6.07, 6.45) is 6.09. The number of likely N-dealkylation sites (tertiary alicyclic amines) is 1. The highest BCUT2D eigenvalue weighted by atomic mass is 35.5. The number of esters is 1. The minimum atomic E-state index is -0.651. The molecule has 1 aliphatic carbocycles. The SMILES string of the molecule is CC(c1cc(Cl)cc(Cl)c1)N1CCCCC1.COC(=O)c1cc(C2CC2)c(OC)cc1F. The van der Waals surface area contributed by atoms with E-state index in [1.165, 1.54) is 64.3 Å². The maximum absolute atomic E-state index is 13.6. The molecule has 0 bridgehead atoms. The van der Waals surface area contributed by atoms with Gasteiger partial charge >= 0.3 is 5.97 Å². The number of piperidine rings is 1. The summed E-state index contributed by atoms with van der Waals surface area (Å²) < 4.78 is 23.2. The number of hydrogen-bond donors (Lipinski definition) is 0. The molecule has 4 nitrogen and oxygen atoms in total. The molecule has 174 valence electrons. The van der Waals surface area contributed by atoms with Crippen LogP contribution in [0.4, 0.5) is 4.39 Å². The molecule has 1 unspecified atom stereocenters. The van der Waals surface area contributed by atoms with Gasteiger partial charge in [-0.25, -0.2) is 9.18 Å². The van der Waals surface area contributed by atoms with Crippen LogP contribution in [0.3, 0.4) is 0 Å². The minimum Gasteiger partial charge on any atom is -0.496 e. The summed E-state index contributed by atoms with van der Waals surface area (Å²) in [5.41, 5.74) is 2.09. The fraction of sp³-hybridized carbons (Fsp3) is 0.480. The monoisotopic (exact) mass is 481 g/mol. The number of hydrogen-bond acceptors (Lipinski definition) is 4. The summed E-state index contributed by atoms with van der Waals surface area (Å²) in [7, 11) is 2.74. The van der Waals surface area contributed by atoms with Crippen molar-refractivity contribution in [2.45, 2.75) is 51.0 Å². The summed E-state index contributed by atoms with van der Waals surface area (Å²) >= 11 is 12.1. The third-order valence-corrected chi connectivity index (χ3v) is 6.48. The van der Waals surface area contributed by atoms with Crippen molar-refractivity contribution in [1.82, 2.24) is 4.90 Å². The Morgan fingerprint density at radius 1 is 1.03 bits per heavy atom. The van der Waals surface area contributed by atoms with Crippen LogP contribution in [0, 0.1) is 5.82 Å². The topological polar surface area (TPSA) is 38.8 Å². The fourth-order valence-corrected chi connectivity index (χ4v) is 4.60. The van der Waals surface area contributed by atoms with Crippen LogP contribution in [0.2, 0.25) is 10.0 Å². The molecule has 1 saturated heterocycles. The van der Waals surface area contributed by atoms with Crippen LogP contribution in [0.1, 0.15) is 72.5 Å². The molecule has 2 aromatic rings. The summed E-state index contributed by atoms with van der Waals surface area (Å²) in [5.74, 6) is -0.359. The molecule has 0 aromatic heterocycles. The Bertz CT molecular complexity index is 923. The van der Waals surface area contributed by atoms with Gasteiger partial charge in [0.15, 0.2) is 0 Å². The van der Waals surface area contributed by atoms with Gasteiger partial charge in [0.25, 0.3) is 0 Å². The Morgan fingerprint density at radius 3 is 2.19 bits per heavy atom. The number of carbonyl (C=O) groups is 1. The molecule has 0 radical (unpaired) electrons. The molecule has 32 heavy (non-hydrogen) atoms. The molecule has 0 N–H and O–H groups in total. The maximum atomic E-state index is 13.6. The molecule has 1 atom stereocenters. The molecule has 0 spiro atoms. The summed E-state index contributed by atoms with van der Waals surface area (Å²) in [5, 5.41) is 1.46. The third kappa shape index (κ3) is 6.37. The Kier molecular flexibility index (Phi) is 8.80. The van der Waals surface area contributed by atoms with Gasteiger partial charge in [0.2, 0.25) is 0 Å². The van der Waals surface area contributed by atoms with Crippen molar-refractivity contribution in [3.63, 3.8) is 0 Å². The molecular weight excluding hydrogens is 452 g/mol. The highest BCUT2D eigenvalue weighted by Crippen LogP contribution is 2.45. The number of methoxy groups -OCH3 is 2. The van der Waals surface area contributed by atoms with E-state index in [2.05, 4.69) is 16.6 Å². The van der Waals surface area contributed by atoms with E-state index >= 15 is 0 Å². The molecule has 4 rings (SSSR count). The van der Waals surface area contributed by atoms with Gasteiger partial charge in [-0.15, -0.1) is 0 Å². The Labute approximate surface area is 199 Å². The largest absolute Gasteiger partial charge is 0.496 e. The van der Waals surface area contributed by atoms with Crippen LogP contribution in [-0.4, -0.2) is 38.2 Å². The van der Waals surface area contributed by atoms with E-state index in [-0.39, 0.29) is 5.56 Å². The molecular formula is C25H30Cl2FNO3. The lowest BCUT2D eigenvalue weighted by atomic mass is 10.0. The van der Waals surface area contributed by atoms with Gasteiger partial charge in [-0.1, -0.05) is 29.6 Å². The van der Waals surface area contributed by atoms with Crippen molar-refractivity contribution in [2.24, 2.45) is 0 Å². The third-order valence-electron chi connectivity index (χ3n) is 6.05. The van der Waals surface area contributed by atoms with Crippen LogP contribution in [-0.2, 0) is 4.74 Å². The smallest absolute Gasteiger partial charge is 0.340 e. The van der Waals surface area contributed by atoms with E-state index in [4.69, 9.17) is 27.9 Å². The minimum absolute atomic E-state index is 0.0230. The van der Waals surface area contributed by atoms with Gasteiger partial charge in [0, 0.05) is 22.2 Å². The second kappa shape index (κ2) is 11.4. The highest BCUT2D eigenvalue weighted by Gasteiger charge is 2.29. The molecule has 2 aliphatic rings. The number of carbonyl (C=O) groups excluding carboxylic acids is 1. The normalized spacial score (nSPS) is 17.2. The lowest BCUT2D eigenvalue weighted by Gasteiger charge is -2.32. The van der Waals surface area contributed by atoms with Crippen LogP contribution in [0.5, 0.6) is 5.75 Å². The second-order valence-corrected chi connectivity index (χ2v) is 9.19. The molecule has 1 heterocycles. The summed E-state index contributed by atoms with van der Waals surface area (Å²) in [6.45, 7) is 4.60. The van der Waals surface area contributed by atoms with Crippen LogP contribution >= 0.6 is 23.2 Å². The standard InChI is InChI=1S/C13H17Cl2N.C12H13FO3/c1-10(16-5-3-2-4-6-16)11-7-12(14)9-13(15)8-11;1-15-11-6-10(13)9(12(14)16-2)5-8(11)7-3-4-7/h7-10H,2-6H2,1H3;5-7H,3-4H2,1-2H3. The lowest BCUT2D eigenvalue weighted by Crippen LogP contribution is -2.32. The van der Waals surface area contributed by atoms with Crippen molar-refractivity contribution < 1.29 is 18.7 Å². The van der Waals surface area contributed by atoms with Gasteiger partial charge in [-0.05, 0) is 87.0 Å². The van der Waals surface area contributed by atoms with Crippen LogP contribution in [0.25, 0.3) is 0 Å². The summed E-state index contributed by atoms with van der Waals surface area (Å²) in [6, 6.07) is 9.03. The van der Waals surface area contributed by atoms with E-state index < -0.39 is 11.8 Å². The first-order valence-electron chi connectivity index (χ1n) is 11.0. The average molecular weight is 482 g/mol. The van der Waals surface area contributed by atoms with Crippen molar-refractivity contribution in [3.8, 4) is 5.75 Å². The van der Waals surface area contributed by atoms with E-state index in [1.807, 2.05) is 12.1 Å². The Balaban J connectivity index is 0.000000181. The molecule has 2 aromatic carbocycles. The van der Waals surface area contributed by atoms with Crippen molar-refractivity contribution in [3.05, 3.63) is 62.9 Å². The second-order valence-electron chi connectivity index (χ2n) is 8.32. The van der Waals surface area contributed by atoms with Gasteiger partial charge in [0.1, 0.15) is 11.6 Å². The van der Waals surface area contributed by atoms with Crippen molar-refractivity contribution >= 4 is 29.2 Å². The number of halogens is 3. The number of benzene rings is 2. The summed E-state index contributed by atoms with van der Waals surface area (Å²) in [4.78, 5) is 13.8. The van der Waals surface area contributed by atoms with E-state index in [0.717, 1.165) is 28.5 Å². The Morgan fingerprint density at radius 2 is 1.66 bits per heavy atom.